The van der Waals surface area contributed by atoms with E-state index in [2.05, 4.69) is 11.6 Å². The normalized spacial score (nSPS) is 16.2. The Hall–Kier alpha value is -0.540. The molecule has 1 saturated heterocycles. The molecule has 0 aliphatic carbocycles. The summed E-state index contributed by atoms with van der Waals surface area (Å²) in [7, 11) is -3.50. The van der Waals surface area contributed by atoms with E-state index in [0.29, 0.717) is 36.3 Å². The summed E-state index contributed by atoms with van der Waals surface area (Å²) in [6.45, 7) is 2.87. The van der Waals surface area contributed by atoms with Crippen molar-refractivity contribution in [3.8, 4) is 0 Å². The maximum absolute atomic E-state index is 12.7. The molecule has 0 bridgehead atoms. The molecule has 5 nitrogen and oxygen atoms in total. The number of hydrogen-bond acceptors (Lipinski definition) is 4. The van der Waals surface area contributed by atoms with Gasteiger partial charge in [-0.05, 0) is 48.8 Å². The van der Waals surface area contributed by atoms with Crippen molar-refractivity contribution in [3.63, 3.8) is 0 Å². The van der Waals surface area contributed by atoms with Gasteiger partial charge in [0.05, 0.1) is 4.90 Å². The summed E-state index contributed by atoms with van der Waals surface area (Å²) in [6.07, 6.45) is 3.14. The molecule has 9 heteroatoms. The third kappa shape index (κ3) is 5.23. The number of rotatable bonds is 6. The van der Waals surface area contributed by atoms with E-state index in [1.54, 1.807) is 18.2 Å². The van der Waals surface area contributed by atoms with Gasteiger partial charge in [-0.25, -0.2) is 8.42 Å². The van der Waals surface area contributed by atoms with Crippen molar-refractivity contribution in [1.82, 2.24) is 14.5 Å². The molecule has 0 atom stereocenters. The van der Waals surface area contributed by atoms with E-state index in [0.717, 1.165) is 18.7 Å². The zero-order valence-electron chi connectivity index (χ0n) is 13.6. The molecule has 0 aromatic heterocycles. The quantitative estimate of drug-likeness (QED) is 0.576. The lowest BCUT2D eigenvalue weighted by molar-refractivity contribution is 0.264. The van der Waals surface area contributed by atoms with Crippen LogP contribution in [0.15, 0.2) is 29.2 Å². The Labute approximate surface area is 158 Å². The number of nitrogens with zero attached hydrogens (tertiary/aromatic N) is 2. The van der Waals surface area contributed by atoms with E-state index in [1.165, 1.54) is 10.4 Å². The van der Waals surface area contributed by atoms with Gasteiger partial charge >= 0.3 is 0 Å². The predicted molar refractivity (Wildman–Crippen MR) is 105 cm³/mol. The first-order valence-corrected chi connectivity index (χ1v) is 11.3. The Kier molecular flexibility index (Phi) is 7.61. The molecular weight excluding hydrogens is 386 g/mol. The second-order valence-corrected chi connectivity index (χ2v) is 9.17. The summed E-state index contributed by atoms with van der Waals surface area (Å²) < 4.78 is 26.8. The van der Waals surface area contributed by atoms with E-state index < -0.39 is 10.0 Å². The van der Waals surface area contributed by atoms with Gasteiger partial charge in [0.15, 0.2) is 5.11 Å². The predicted octanol–water partition coefficient (Wildman–Crippen LogP) is 2.27. The minimum atomic E-state index is -3.50. The molecule has 1 aliphatic heterocycles. The summed E-state index contributed by atoms with van der Waals surface area (Å²) in [5.74, 6) is 1.10. The number of sulfonamides is 1. The van der Waals surface area contributed by atoms with E-state index in [1.807, 2.05) is 16.7 Å². The van der Waals surface area contributed by atoms with Crippen molar-refractivity contribution >= 4 is 50.7 Å². The highest BCUT2D eigenvalue weighted by molar-refractivity contribution is 7.98. The third-order valence-electron chi connectivity index (χ3n) is 3.76. The highest BCUT2D eigenvalue weighted by Crippen LogP contribution is 2.20. The van der Waals surface area contributed by atoms with Crippen LogP contribution in [0.1, 0.15) is 6.42 Å². The fourth-order valence-electron chi connectivity index (χ4n) is 2.43. The standard InChI is InChI=1S/C15H22ClN3O2S3/c1-23-11-3-6-17-15(22)18-7-9-19(10-8-18)24(20,21)14-5-2-4-13(16)12-14/h2,4-5,12H,3,6-11H2,1H3,(H,17,22). The molecule has 24 heavy (non-hydrogen) atoms. The van der Waals surface area contributed by atoms with Gasteiger partial charge in [0.25, 0.3) is 0 Å². The van der Waals surface area contributed by atoms with Gasteiger partial charge in [-0.1, -0.05) is 17.7 Å². The summed E-state index contributed by atoms with van der Waals surface area (Å²) in [4.78, 5) is 2.26. The maximum atomic E-state index is 12.7. The van der Waals surface area contributed by atoms with E-state index >= 15 is 0 Å². The Morgan fingerprint density at radius 3 is 2.67 bits per heavy atom. The highest BCUT2D eigenvalue weighted by Gasteiger charge is 2.29. The molecule has 0 amide bonds. The molecule has 1 heterocycles. The Balaban J connectivity index is 1.89. The van der Waals surface area contributed by atoms with Crippen molar-refractivity contribution in [3.05, 3.63) is 29.3 Å². The average Bonchev–Trinajstić information content (AvgIpc) is 2.58. The first kappa shape index (κ1) is 19.8. The molecule has 1 aromatic carbocycles. The van der Waals surface area contributed by atoms with Crippen LogP contribution in [-0.2, 0) is 10.0 Å². The van der Waals surface area contributed by atoms with E-state index in [4.69, 9.17) is 23.8 Å². The second kappa shape index (κ2) is 9.24. The largest absolute Gasteiger partial charge is 0.363 e. The van der Waals surface area contributed by atoms with Gasteiger partial charge in [0.2, 0.25) is 10.0 Å². The van der Waals surface area contributed by atoms with Crippen LogP contribution >= 0.6 is 35.6 Å². The zero-order chi connectivity index (χ0) is 17.6. The fourth-order valence-corrected chi connectivity index (χ4v) is 4.87. The Bertz CT molecular complexity index is 662. The van der Waals surface area contributed by atoms with Crippen LogP contribution in [0, 0.1) is 0 Å². The van der Waals surface area contributed by atoms with Gasteiger partial charge in [-0.2, -0.15) is 16.1 Å². The number of halogens is 1. The molecular formula is C15H22ClN3O2S3. The van der Waals surface area contributed by atoms with Gasteiger partial charge in [-0.15, -0.1) is 0 Å². The fraction of sp³-hybridized carbons (Fsp3) is 0.533. The van der Waals surface area contributed by atoms with Gasteiger partial charge < -0.3 is 10.2 Å². The van der Waals surface area contributed by atoms with Crippen LogP contribution in [-0.4, -0.2) is 67.5 Å². The molecule has 0 unspecified atom stereocenters. The molecule has 1 fully saturated rings. The highest BCUT2D eigenvalue weighted by atomic mass is 35.5. The first-order chi connectivity index (χ1) is 11.4. The second-order valence-electron chi connectivity index (χ2n) is 5.43. The smallest absolute Gasteiger partial charge is 0.243 e. The zero-order valence-corrected chi connectivity index (χ0v) is 16.8. The molecule has 2 rings (SSSR count). The van der Waals surface area contributed by atoms with Crippen molar-refractivity contribution in [1.29, 1.82) is 0 Å². The maximum Gasteiger partial charge on any atom is 0.243 e. The average molecular weight is 408 g/mol. The van der Waals surface area contributed by atoms with Crippen LogP contribution < -0.4 is 5.32 Å². The third-order valence-corrected chi connectivity index (χ3v) is 6.99. The van der Waals surface area contributed by atoms with E-state index in [9.17, 15) is 8.42 Å². The lowest BCUT2D eigenvalue weighted by Crippen LogP contribution is -2.53. The molecule has 0 spiro atoms. The molecule has 1 N–H and O–H groups in total. The van der Waals surface area contributed by atoms with Crippen LogP contribution in [0.25, 0.3) is 0 Å². The van der Waals surface area contributed by atoms with Gasteiger partial charge in [0, 0.05) is 37.7 Å². The Morgan fingerprint density at radius 2 is 2.04 bits per heavy atom. The lowest BCUT2D eigenvalue weighted by Gasteiger charge is -2.35. The minimum absolute atomic E-state index is 0.237. The van der Waals surface area contributed by atoms with Crippen LogP contribution in [0.2, 0.25) is 5.02 Å². The molecule has 134 valence electrons. The number of nitrogens with one attached hydrogen (secondary N) is 1. The monoisotopic (exact) mass is 407 g/mol. The molecule has 0 radical (unpaired) electrons. The van der Waals surface area contributed by atoms with Gasteiger partial charge in [0.1, 0.15) is 0 Å². The van der Waals surface area contributed by atoms with Crippen molar-refractivity contribution in [2.45, 2.75) is 11.3 Å². The van der Waals surface area contributed by atoms with Crippen molar-refractivity contribution < 1.29 is 8.42 Å². The molecule has 0 saturated carbocycles. The summed E-state index contributed by atoms with van der Waals surface area (Å²) >= 11 is 13.1. The summed E-state index contributed by atoms with van der Waals surface area (Å²) in [6, 6.07) is 6.38. The summed E-state index contributed by atoms with van der Waals surface area (Å²) in [5, 5.41) is 4.36. The van der Waals surface area contributed by atoms with Crippen LogP contribution in [0.3, 0.4) is 0 Å². The number of piperazine rings is 1. The summed E-state index contributed by atoms with van der Waals surface area (Å²) in [5.41, 5.74) is 0. The minimum Gasteiger partial charge on any atom is -0.363 e. The number of benzene rings is 1. The van der Waals surface area contributed by atoms with Crippen LogP contribution in [0.4, 0.5) is 0 Å². The molecule has 1 aliphatic rings. The number of thiocarbonyl (C=S) groups is 1. The van der Waals surface area contributed by atoms with Crippen molar-refractivity contribution in [2.24, 2.45) is 0 Å². The van der Waals surface area contributed by atoms with Crippen LogP contribution in [0.5, 0.6) is 0 Å². The number of hydrogen-bond donors (Lipinski definition) is 1. The topological polar surface area (TPSA) is 52.6 Å². The lowest BCUT2D eigenvalue weighted by atomic mass is 10.4. The Morgan fingerprint density at radius 1 is 1.33 bits per heavy atom. The number of thioether (sulfide) groups is 1. The van der Waals surface area contributed by atoms with Crippen molar-refractivity contribution in [2.75, 3.05) is 44.7 Å². The molecule has 1 aromatic rings. The first-order valence-electron chi connectivity index (χ1n) is 7.72. The SMILES string of the molecule is CSCCCNC(=S)N1CCN(S(=O)(=O)c2cccc(Cl)c2)CC1. The van der Waals surface area contributed by atoms with E-state index in [-0.39, 0.29) is 4.90 Å². The van der Waals surface area contributed by atoms with Gasteiger partial charge in [-0.3, -0.25) is 0 Å².